The summed E-state index contributed by atoms with van der Waals surface area (Å²) in [6.45, 7) is 2.71. The van der Waals surface area contributed by atoms with Crippen molar-refractivity contribution in [3.05, 3.63) is 33.8 Å². The van der Waals surface area contributed by atoms with E-state index in [1.807, 2.05) is 6.07 Å². The first kappa shape index (κ1) is 16.6. The minimum atomic E-state index is 0.0940. The van der Waals surface area contributed by atoms with Gasteiger partial charge in [-0.2, -0.15) is 0 Å². The highest BCUT2D eigenvalue weighted by Gasteiger charge is 2.20. The molecule has 0 atom stereocenters. The molecule has 0 bridgehead atoms. The number of carbonyl (C=O) groups is 1. The Morgan fingerprint density at radius 2 is 2.05 bits per heavy atom. The molecule has 1 aliphatic heterocycles. The fraction of sp³-hybridized carbons (Fsp3) is 0.533. The lowest BCUT2D eigenvalue weighted by Gasteiger charge is -2.30. The lowest BCUT2D eigenvalue weighted by Crippen LogP contribution is -2.44. The number of piperidine rings is 1. The number of rotatable bonds is 4. The van der Waals surface area contributed by atoms with E-state index in [-0.39, 0.29) is 11.9 Å². The van der Waals surface area contributed by atoms with Crippen molar-refractivity contribution >= 4 is 29.1 Å². The lowest BCUT2D eigenvalue weighted by atomic mass is 10.1. The normalized spacial score (nSPS) is 17.0. The Kier molecular flexibility index (Phi) is 5.88. The highest BCUT2D eigenvalue weighted by molar-refractivity contribution is 6.35. The van der Waals surface area contributed by atoms with Gasteiger partial charge in [0.1, 0.15) is 0 Å². The molecular formula is C15H21Cl2N3O. The first-order valence-electron chi connectivity index (χ1n) is 7.11. The monoisotopic (exact) mass is 329 g/mol. The molecule has 0 radical (unpaired) electrons. The average Bonchev–Trinajstić information content (AvgIpc) is 2.44. The molecule has 2 rings (SSSR count). The number of likely N-dealkylation sites (tertiary alicyclic amines) is 1. The third-order valence-electron chi connectivity index (χ3n) is 3.84. The molecule has 1 saturated heterocycles. The van der Waals surface area contributed by atoms with Crippen LogP contribution in [0.1, 0.15) is 18.4 Å². The molecule has 0 aromatic heterocycles. The van der Waals surface area contributed by atoms with Crippen molar-refractivity contribution < 1.29 is 4.79 Å². The van der Waals surface area contributed by atoms with Gasteiger partial charge >= 0.3 is 0 Å². The number of carbonyl (C=O) groups excluding carboxylic acids is 1. The summed E-state index contributed by atoms with van der Waals surface area (Å²) < 4.78 is 0. The van der Waals surface area contributed by atoms with Crippen molar-refractivity contribution in [3.8, 4) is 0 Å². The quantitative estimate of drug-likeness (QED) is 0.922. The van der Waals surface area contributed by atoms with E-state index in [1.54, 1.807) is 24.1 Å². The summed E-state index contributed by atoms with van der Waals surface area (Å²) in [5.41, 5.74) is 6.77. The predicted octanol–water partition coefficient (Wildman–Crippen LogP) is 2.37. The number of hydrogen-bond acceptors (Lipinski definition) is 3. The molecule has 6 heteroatoms. The average molecular weight is 330 g/mol. The van der Waals surface area contributed by atoms with Crippen LogP contribution in [0.5, 0.6) is 0 Å². The molecule has 1 aliphatic rings. The molecule has 1 aromatic rings. The van der Waals surface area contributed by atoms with Gasteiger partial charge in [0, 0.05) is 42.8 Å². The Hall–Kier alpha value is -0.810. The van der Waals surface area contributed by atoms with Crippen LogP contribution in [0.2, 0.25) is 10.0 Å². The van der Waals surface area contributed by atoms with E-state index in [2.05, 4.69) is 4.90 Å². The molecule has 2 N–H and O–H groups in total. The summed E-state index contributed by atoms with van der Waals surface area (Å²) in [4.78, 5) is 16.1. The second-order valence-electron chi connectivity index (χ2n) is 5.60. The van der Waals surface area contributed by atoms with Gasteiger partial charge in [-0.1, -0.05) is 29.3 Å². The number of hydrogen-bond donors (Lipinski definition) is 1. The van der Waals surface area contributed by atoms with Gasteiger partial charge in [-0.3, -0.25) is 9.69 Å². The van der Waals surface area contributed by atoms with E-state index in [1.165, 1.54) is 0 Å². The van der Waals surface area contributed by atoms with Crippen LogP contribution in [-0.2, 0) is 11.3 Å². The molecule has 116 valence electrons. The van der Waals surface area contributed by atoms with Crippen molar-refractivity contribution in [3.63, 3.8) is 0 Å². The van der Waals surface area contributed by atoms with Gasteiger partial charge in [0.15, 0.2) is 0 Å². The molecule has 0 aliphatic carbocycles. The Bertz CT molecular complexity index is 502. The Balaban J connectivity index is 1.87. The van der Waals surface area contributed by atoms with Crippen molar-refractivity contribution in [1.29, 1.82) is 0 Å². The van der Waals surface area contributed by atoms with Crippen LogP contribution < -0.4 is 5.73 Å². The minimum Gasteiger partial charge on any atom is -0.340 e. The number of nitrogens with two attached hydrogens (primary N) is 1. The van der Waals surface area contributed by atoms with E-state index < -0.39 is 0 Å². The van der Waals surface area contributed by atoms with Crippen molar-refractivity contribution in [2.24, 2.45) is 5.73 Å². The van der Waals surface area contributed by atoms with Crippen LogP contribution in [0, 0.1) is 0 Å². The van der Waals surface area contributed by atoms with Crippen LogP contribution in [0.25, 0.3) is 0 Å². The van der Waals surface area contributed by atoms with Gasteiger partial charge in [-0.15, -0.1) is 0 Å². The summed E-state index contributed by atoms with van der Waals surface area (Å²) in [5, 5.41) is 1.19. The largest absolute Gasteiger partial charge is 0.340 e. The van der Waals surface area contributed by atoms with Crippen molar-refractivity contribution in [1.82, 2.24) is 9.80 Å². The van der Waals surface area contributed by atoms with Gasteiger partial charge in [-0.05, 0) is 30.5 Å². The summed E-state index contributed by atoms with van der Waals surface area (Å²) in [6.07, 6.45) is 1.92. The summed E-state index contributed by atoms with van der Waals surface area (Å²) in [5.74, 6) is 0.0940. The fourth-order valence-electron chi connectivity index (χ4n) is 2.42. The number of amides is 1. The van der Waals surface area contributed by atoms with Gasteiger partial charge in [0.2, 0.25) is 5.91 Å². The van der Waals surface area contributed by atoms with Gasteiger partial charge < -0.3 is 10.6 Å². The maximum absolute atomic E-state index is 12.3. The zero-order valence-corrected chi connectivity index (χ0v) is 13.7. The van der Waals surface area contributed by atoms with Crippen LogP contribution >= 0.6 is 23.2 Å². The maximum atomic E-state index is 12.3. The number of halogens is 2. The highest BCUT2D eigenvalue weighted by atomic mass is 35.5. The molecule has 0 unspecified atom stereocenters. The molecule has 1 fully saturated rings. The molecule has 1 amide bonds. The Labute approximate surface area is 135 Å². The second kappa shape index (κ2) is 7.45. The van der Waals surface area contributed by atoms with E-state index in [0.717, 1.165) is 31.5 Å². The van der Waals surface area contributed by atoms with Crippen LogP contribution in [0.15, 0.2) is 18.2 Å². The van der Waals surface area contributed by atoms with Gasteiger partial charge in [0.05, 0.1) is 6.54 Å². The predicted molar refractivity (Wildman–Crippen MR) is 86.6 cm³/mol. The van der Waals surface area contributed by atoms with Gasteiger partial charge in [0.25, 0.3) is 0 Å². The Morgan fingerprint density at radius 3 is 2.67 bits per heavy atom. The standard InChI is InChI=1S/C15H21Cl2N3O/c1-19(9-11-2-3-12(16)8-14(11)17)15(21)10-20-6-4-13(18)5-7-20/h2-3,8,13H,4-7,9-10,18H2,1H3. The van der Waals surface area contributed by atoms with E-state index in [9.17, 15) is 4.79 Å². The van der Waals surface area contributed by atoms with Crippen molar-refractivity contribution in [2.45, 2.75) is 25.4 Å². The van der Waals surface area contributed by atoms with Gasteiger partial charge in [-0.25, -0.2) is 0 Å². The first-order valence-corrected chi connectivity index (χ1v) is 7.87. The summed E-state index contributed by atoms with van der Waals surface area (Å²) >= 11 is 12.0. The first-order chi connectivity index (χ1) is 9.95. The molecule has 4 nitrogen and oxygen atoms in total. The molecule has 1 heterocycles. The third kappa shape index (κ3) is 4.85. The van der Waals surface area contributed by atoms with E-state index in [0.29, 0.717) is 23.1 Å². The summed E-state index contributed by atoms with van der Waals surface area (Å²) in [7, 11) is 1.79. The zero-order chi connectivity index (χ0) is 15.4. The third-order valence-corrected chi connectivity index (χ3v) is 4.43. The molecule has 21 heavy (non-hydrogen) atoms. The lowest BCUT2D eigenvalue weighted by molar-refractivity contribution is -0.131. The number of likely N-dealkylation sites (N-methyl/N-ethyl adjacent to an activating group) is 1. The van der Waals surface area contributed by atoms with Crippen molar-refractivity contribution in [2.75, 3.05) is 26.7 Å². The fourth-order valence-corrected chi connectivity index (χ4v) is 2.88. The van der Waals surface area contributed by atoms with Crippen LogP contribution in [-0.4, -0.2) is 48.4 Å². The highest BCUT2D eigenvalue weighted by Crippen LogP contribution is 2.22. The SMILES string of the molecule is CN(Cc1ccc(Cl)cc1Cl)C(=O)CN1CCC(N)CC1. The molecule has 1 aromatic carbocycles. The summed E-state index contributed by atoms with van der Waals surface area (Å²) in [6, 6.07) is 5.62. The number of benzene rings is 1. The van der Waals surface area contributed by atoms with E-state index in [4.69, 9.17) is 28.9 Å². The Morgan fingerprint density at radius 1 is 1.38 bits per heavy atom. The minimum absolute atomic E-state index is 0.0940. The molecule has 0 spiro atoms. The maximum Gasteiger partial charge on any atom is 0.236 e. The zero-order valence-electron chi connectivity index (χ0n) is 12.2. The molecule has 0 saturated carbocycles. The van der Waals surface area contributed by atoms with Crippen LogP contribution in [0.4, 0.5) is 0 Å². The smallest absolute Gasteiger partial charge is 0.236 e. The topological polar surface area (TPSA) is 49.6 Å². The van der Waals surface area contributed by atoms with Crippen LogP contribution in [0.3, 0.4) is 0 Å². The molecular weight excluding hydrogens is 309 g/mol. The second-order valence-corrected chi connectivity index (χ2v) is 6.44. The number of nitrogens with zero attached hydrogens (tertiary/aromatic N) is 2. The van der Waals surface area contributed by atoms with E-state index >= 15 is 0 Å².